The van der Waals surface area contributed by atoms with Crippen LogP contribution in [0.1, 0.15) is 45.4 Å². The molecule has 1 aliphatic rings. The number of unbranched alkanes of at least 4 members (excludes halogenated alkanes) is 1. The molecule has 0 saturated carbocycles. The summed E-state index contributed by atoms with van der Waals surface area (Å²) in [5.74, 6) is -0.347. The number of piperidine rings is 1. The minimum atomic E-state index is -0.797. The first kappa shape index (κ1) is 13.7. The standard InChI is InChI=1S/C13H21NO3/c1-3-5-6-9-13(12(16)17-4-2)10-7-8-11(15)14-13/h3H,1,4-10H2,2H3,(H,14,15)/t13-/m0/s1. The van der Waals surface area contributed by atoms with Crippen molar-refractivity contribution in [3.8, 4) is 0 Å². The highest BCUT2D eigenvalue weighted by Crippen LogP contribution is 2.27. The zero-order valence-corrected chi connectivity index (χ0v) is 10.5. The predicted octanol–water partition coefficient (Wildman–Crippen LogP) is 1.94. The molecule has 96 valence electrons. The minimum absolute atomic E-state index is 0.0529. The first-order chi connectivity index (χ1) is 8.14. The van der Waals surface area contributed by atoms with Gasteiger partial charge in [0.15, 0.2) is 0 Å². The first-order valence-electron chi connectivity index (χ1n) is 6.24. The molecule has 0 aromatic heterocycles. The number of carbonyl (C=O) groups is 2. The Balaban J connectivity index is 2.71. The van der Waals surface area contributed by atoms with Crippen molar-refractivity contribution in [1.82, 2.24) is 5.32 Å². The van der Waals surface area contributed by atoms with Gasteiger partial charge in [-0.25, -0.2) is 4.79 Å². The van der Waals surface area contributed by atoms with Crippen molar-refractivity contribution < 1.29 is 14.3 Å². The van der Waals surface area contributed by atoms with E-state index in [4.69, 9.17) is 4.74 Å². The van der Waals surface area contributed by atoms with Crippen LogP contribution >= 0.6 is 0 Å². The van der Waals surface area contributed by atoms with Crippen LogP contribution in [0.3, 0.4) is 0 Å². The van der Waals surface area contributed by atoms with Crippen molar-refractivity contribution in [2.24, 2.45) is 0 Å². The molecule has 4 nitrogen and oxygen atoms in total. The molecule has 1 aliphatic heterocycles. The second-order valence-corrected chi connectivity index (χ2v) is 4.39. The summed E-state index contributed by atoms with van der Waals surface area (Å²) in [4.78, 5) is 23.5. The molecule has 0 radical (unpaired) electrons. The maximum Gasteiger partial charge on any atom is 0.331 e. The van der Waals surface area contributed by atoms with Crippen molar-refractivity contribution in [3.05, 3.63) is 12.7 Å². The van der Waals surface area contributed by atoms with Gasteiger partial charge in [0.2, 0.25) is 5.91 Å². The molecular formula is C13H21NO3. The van der Waals surface area contributed by atoms with Crippen LogP contribution in [0.15, 0.2) is 12.7 Å². The third-order valence-electron chi connectivity index (χ3n) is 3.06. The Morgan fingerprint density at radius 3 is 3.00 bits per heavy atom. The van der Waals surface area contributed by atoms with Crippen LogP contribution in [0.5, 0.6) is 0 Å². The summed E-state index contributed by atoms with van der Waals surface area (Å²) >= 11 is 0. The lowest BCUT2D eigenvalue weighted by molar-refractivity contribution is -0.155. The fourth-order valence-electron chi connectivity index (χ4n) is 2.20. The van der Waals surface area contributed by atoms with E-state index >= 15 is 0 Å². The number of hydrogen-bond donors (Lipinski definition) is 1. The molecule has 1 rings (SSSR count). The van der Waals surface area contributed by atoms with E-state index in [1.165, 1.54) is 0 Å². The molecule has 0 bridgehead atoms. The Labute approximate surface area is 102 Å². The van der Waals surface area contributed by atoms with Gasteiger partial charge in [-0.15, -0.1) is 6.58 Å². The van der Waals surface area contributed by atoms with Gasteiger partial charge in [-0.05, 0) is 39.0 Å². The van der Waals surface area contributed by atoms with Crippen molar-refractivity contribution in [2.75, 3.05) is 6.61 Å². The molecule has 1 atom stereocenters. The lowest BCUT2D eigenvalue weighted by atomic mass is 9.84. The zero-order chi connectivity index (χ0) is 12.7. The molecular weight excluding hydrogens is 218 g/mol. The van der Waals surface area contributed by atoms with Crippen LogP contribution in [-0.2, 0) is 14.3 Å². The van der Waals surface area contributed by atoms with Gasteiger partial charge in [-0.3, -0.25) is 4.79 Å². The number of nitrogens with one attached hydrogen (secondary N) is 1. The molecule has 0 spiro atoms. The molecule has 0 aromatic rings. The first-order valence-corrected chi connectivity index (χ1v) is 6.24. The maximum absolute atomic E-state index is 12.0. The summed E-state index contributed by atoms with van der Waals surface area (Å²) in [5.41, 5.74) is -0.797. The molecule has 0 unspecified atom stereocenters. The van der Waals surface area contributed by atoms with Crippen molar-refractivity contribution >= 4 is 11.9 Å². The van der Waals surface area contributed by atoms with Gasteiger partial charge in [0.05, 0.1) is 6.61 Å². The molecule has 1 heterocycles. The predicted molar refractivity (Wildman–Crippen MR) is 65.4 cm³/mol. The summed E-state index contributed by atoms with van der Waals surface area (Å²) in [6.45, 7) is 5.78. The fourth-order valence-corrected chi connectivity index (χ4v) is 2.20. The van der Waals surface area contributed by atoms with Crippen molar-refractivity contribution in [2.45, 2.75) is 51.0 Å². The van der Waals surface area contributed by atoms with Crippen LogP contribution in [0.2, 0.25) is 0 Å². The SMILES string of the molecule is C=CCCC[C@@]1(C(=O)OCC)CCCC(=O)N1. The Kier molecular flexibility index (Phi) is 5.19. The van der Waals surface area contributed by atoms with E-state index < -0.39 is 5.54 Å². The summed E-state index contributed by atoms with van der Waals surface area (Å²) in [6, 6.07) is 0. The maximum atomic E-state index is 12.0. The van der Waals surface area contributed by atoms with E-state index in [1.807, 2.05) is 6.08 Å². The van der Waals surface area contributed by atoms with Crippen LogP contribution in [0.25, 0.3) is 0 Å². The van der Waals surface area contributed by atoms with Crippen LogP contribution < -0.4 is 5.32 Å². The number of amides is 1. The van der Waals surface area contributed by atoms with Gasteiger partial charge < -0.3 is 10.1 Å². The van der Waals surface area contributed by atoms with Gasteiger partial charge in [0.1, 0.15) is 5.54 Å². The Bertz CT molecular complexity index is 301. The van der Waals surface area contributed by atoms with Gasteiger partial charge in [-0.2, -0.15) is 0 Å². The summed E-state index contributed by atoms with van der Waals surface area (Å²) in [6.07, 6.45) is 6.06. The lowest BCUT2D eigenvalue weighted by Gasteiger charge is -2.35. The molecule has 0 aliphatic carbocycles. The highest BCUT2D eigenvalue weighted by molar-refractivity contribution is 5.89. The molecule has 1 N–H and O–H groups in total. The Morgan fingerprint density at radius 2 is 2.41 bits per heavy atom. The second-order valence-electron chi connectivity index (χ2n) is 4.39. The third kappa shape index (κ3) is 3.58. The van der Waals surface area contributed by atoms with E-state index in [0.717, 1.165) is 19.3 Å². The molecule has 1 saturated heterocycles. The Hall–Kier alpha value is -1.32. The van der Waals surface area contributed by atoms with E-state index in [2.05, 4.69) is 11.9 Å². The van der Waals surface area contributed by atoms with E-state index in [-0.39, 0.29) is 11.9 Å². The number of rotatable bonds is 6. The number of esters is 1. The van der Waals surface area contributed by atoms with E-state index in [0.29, 0.717) is 25.9 Å². The number of ether oxygens (including phenoxy) is 1. The lowest BCUT2D eigenvalue weighted by Crippen LogP contribution is -2.57. The van der Waals surface area contributed by atoms with Gasteiger partial charge in [-0.1, -0.05) is 6.08 Å². The van der Waals surface area contributed by atoms with Gasteiger partial charge in [0.25, 0.3) is 0 Å². The van der Waals surface area contributed by atoms with Crippen molar-refractivity contribution in [3.63, 3.8) is 0 Å². The average Bonchev–Trinajstić information content (AvgIpc) is 2.30. The number of hydrogen-bond acceptors (Lipinski definition) is 3. The number of carbonyl (C=O) groups excluding carboxylic acids is 2. The molecule has 0 aromatic carbocycles. The van der Waals surface area contributed by atoms with Crippen molar-refractivity contribution in [1.29, 1.82) is 0 Å². The molecule has 1 fully saturated rings. The summed E-state index contributed by atoms with van der Waals surface area (Å²) in [5, 5.41) is 2.83. The third-order valence-corrected chi connectivity index (χ3v) is 3.06. The van der Waals surface area contributed by atoms with E-state index in [9.17, 15) is 9.59 Å². The average molecular weight is 239 g/mol. The quantitative estimate of drug-likeness (QED) is 0.438. The Morgan fingerprint density at radius 1 is 1.65 bits per heavy atom. The van der Waals surface area contributed by atoms with Crippen LogP contribution in [0.4, 0.5) is 0 Å². The zero-order valence-electron chi connectivity index (χ0n) is 10.5. The van der Waals surface area contributed by atoms with Crippen LogP contribution in [0, 0.1) is 0 Å². The van der Waals surface area contributed by atoms with Gasteiger partial charge in [0, 0.05) is 6.42 Å². The summed E-state index contributed by atoms with van der Waals surface area (Å²) in [7, 11) is 0. The highest BCUT2D eigenvalue weighted by Gasteiger charge is 2.42. The van der Waals surface area contributed by atoms with Crippen LogP contribution in [-0.4, -0.2) is 24.0 Å². The monoisotopic (exact) mass is 239 g/mol. The smallest absolute Gasteiger partial charge is 0.331 e. The highest BCUT2D eigenvalue weighted by atomic mass is 16.5. The molecule has 4 heteroatoms. The molecule has 17 heavy (non-hydrogen) atoms. The summed E-state index contributed by atoms with van der Waals surface area (Å²) < 4.78 is 5.08. The number of allylic oxidation sites excluding steroid dienone is 1. The van der Waals surface area contributed by atoms with E-state index in [1.54, 1.807) is 6.92 Å². The topological polar surface area (TPSA) is 55.4 Å². The second kappa shape index (κ2) is 6.42. The fraction of sp³-hybridized carbons (Fsp3) is 0.692. The van der Waals surface area contributed by atoms with Gasteiger partial charge >= 0.3 is 5.97 Å². The minimum Gasteiger partial charge on any atom is -0.464 e. The normalized spacial score (nSPS) is 23.9. The molecule has 1 amide bonds. The largest absolute Gasteiger partial charge is 0.464 e.